The van der Waals surface area contributed by atoms with Gasteiger partial charge in [-0.3, -0.25) is 14.4 Å². The maximum atomic E-state index is 12.7. The molecule has 2 amide bonds. The molecule has 8 heteroatoms. The molecule has 2 aliphatic heterocycles. The monoisotopic (exact) mass is 441 g/mol. The molecule has 1 fully saturated rings. The highest BCUT2D eigenvalue weighted by molar-refractivity contribution is 6.01. The standard InChI is InChI=1S/C25H23N5O3/c1-29-21-7-3-2-6-20(21)23-17(13-22(29)32)14-26-25(28-23)27-18-10-8-16(9-11-18)24(33)30-12-4-5-19(31)15-30/h2-3,6-11,14H,4-5,12-13,15H2,1H3,(H,26,27,28). The van der Waals surface area contributed by atoms with Crippen molar-refractivity contribution in [2.75, 3.05) is 30.4 Å². The lowest BCUT2D eigenvalue weighted by Crippen LogP contribution is -2.40. The van der Waals surface area contributed by atoms with E-state index in [1.54, 1.807) is 47.3 Å². The molecule has 0 atom stereocenters. The first-order chi connectivity index (χ1) is 16.0. The number of para-hydroxylation sites is 1. The molecule has 1 N–H and O–H groups in total. The Bertz CT molecular complexity index is 1260. The number of piperidine rings is 1. The van der Waals surface area contributed by atoms with E-state index in [1.807, 2.05) is 24.3 Å². The van der Waals surface area contributed by atoms with E-state index in [2.05, 4.69) is 10.3 Å². The molecule has 1 saturated heterocycles. The fourth-order valence-electron chi connectivity index (χ4n) is 4.23. The number of likely N-dealkylation sites (N-methyl/N-ethyl adjacent to an activating group) is 1. The molecule has 166 valence electrons. The third kappa shape index (κ3) is 4.07. The summed E-state index contributed by atoms with van der Waals surface area (Å²) in [6, 6.07) is 14.7. The van der Waals surface area contributed by atoms with Crippen LogP contribution in [0.1, 0.15) is 28.8 Å². The van der Waals surface area contributed by atoms with Crippen LogP contribution in [0.15, 0.2) is 54.7 Å². The number of carbonyl (C=O) groups is 3. The van der Waals surface area contributed by atoms with E-state index in [9.17, 15) is 14.4 Å². The Kier molecular flexibility index (Phi) is 5.34. The first-order valence-corrected chi connectivity index (χ1v) is 10.9. The summed E-state index contributed by atoms with van der Waals surface area (Å²) in [5, 5.41) is 3.18. The van der Waals surface area contributed by atoms with E-state index in [4.69, 9.17) is 4.98 Å². The lowest BCUT2D eigenvalue weighted by atomic mass is 10.1. The van der Waals surface area contributed by atoms with Gasteiger partial charge in [0.2, 0.25) is 11.9 Å². The number of likely N-dealkylation sites (tertiary alicyclic amines) is 1. The molecule has 0 aliphatic carbocycles. The summed E-state index contributed by atoms with van der Waals surface area (Å²) in [6.45, 7) is 0.785. The van der Waals surface area contributed by atoms with Gasteiger partial charge in [-0.15, -0.1) is 0 Å². The molecule has 1 aromatic heterocycles. The number of hydrogen-bond donors (Lipinski definition) is 1. The SMILES string of the molecule is CN1C(=O)Cc2cnc(Nc3ccc(C(=O)N4CCCC(=O)C4)cc3)nc2-c2ccccc21. The second kappa shape index (κ2) is 8.46. The second-order valence-corrected chi connectivity index (χ2v) is 8.29. The number of anilines is 3. The zero-order chi connectivity index (χ0) is 22.9. The largest absolute Gasteiger partial charge is 0.331 e. The minimum absolute atomic E-state index is 0.0128. The fourth-order valence-corrected chi connectivity index (χ4v) is 4.23. The molecule has 0 saturated carbocycles. The zero-order valence-corrected chi connectivity index (χ0v) is 18.2. The van der Waals surface area contributed by atoms with Crippen molar-refractivity contribution in [1.82, 2.24) is 14.9 Å². The van der Waals surface area contributed by atoms with Crippen molar-refractivity contribution in [3.63, 3.8) is 0 Å². The van der Waals surface area contributed by atoms with Crippen LogP contribution in [-0.4, -0.2) is 52.6 Å². The Balaban J connectivity index is 1.38. The smallest absolute Gasteiger partial charge is 0.254 e. The van der Waals surface area contributed by atoms with E-state index < -0.39 is 0 Å². The van der Waals surface area contributed by atoms with Crippen molar-refractivity contribution in [3.05, 3.63) is 65.9 Å². The van der Waals surface area contributed by atoms with E-state index in [0.29, 0.717) is 30.9 Å². The van der Waals surface area contributed by atoms with E-state index in [0.717, 1.165) is 28.2 Å². The number of ketones is 1. The quantitative estimate of drug-likeness (QED) is 0.671. The third-order valence-corrected chi connectivity index (χ3v) is 6.03. The Morgan fingerprint density at radius 2 is 1.85 bits per heavy atom. The Morgan fingerprint density at radius 3 is 2.64 bits per heavy atom. The molecule has 0 spiro atoms. The maximum absolute atomic E-state index is 12.7. The molecule has 2 aromatic carbocycles. The average molecular weight is 441 g/mol. The average Bonchev–Trinajstić information content (AvgIpc) is 2.94. The highest BCUT2D eigenvalue weighted by Crippen LogP contribution is 2.35. The van der Waals surface area contributed by atoms with Crippen LogP contribution >= 0.6 is 0 Å². The number of nitrogens with zero attached hydrogens (tertiary/aromatic N) is 4. The molecule has 0 bridgehead atoms. The van der Waals surface area contributed by atoms with Crippen molar-refractivity contribution in [1.29, 1.82) is 0 Å². The van der Waals surface area contributed by atoms with Crippen LogP contribution in [0.2, 0.25) is 0 Å². The summed E-state index contributed by atoms with van der Waals surface area (Å²) in [5.74, 6) is 0.353. The summed E-state index contributed by atoms with van der Waals surface area (Å²) in [6.07, 6.45) is 3.17. The predicted octanol–water partition coefficient (Wildman–Crippen LogP) is 3.21. The number of carbonyl (C=O) groups excluding carboxylic acids is 3. The molecule has 5 rings (SSSR count). The van der Waals surface area contributed by atoms with Gasteiger partial charge in [-0.1, -0.05) is 18.2 Å². The minimum atomic E-state index is -0.138. The molecule has 33 heavy (non-hydrogen) atoms. The number of amides is 2. The van der Waals surface area contributed by atoms with E-state index in [-0.39, 0.29) is 30.6 Å². The van der Waals surface area contributed by atoms with Gasteiger partial charge in [0.05, 0.1) is 24.3 Å². The van der Waals surface area contributed by atoms with Gasteiger partial charge in [-0.05, 0) is 36.8 Å². The topological polar surface area (TPSA) is 95.5 Å². The minimum Gasteiger partial charge on any atom is -0.331 e. The van der Waals surface area contributed by atoms with Crippen LogP contribution in [0.5, 0.6) is 0 Å². The number of nitrogens with one attached hydrogen (secondary N) is 1. The normalized spacial score (nSPS) is 15.5. The lowest BCUT2D eigenvalue weighted by molar-refractivity contribution is -0.121. The molecular weight excluding hydrogens is 418 g/mol. The van der Waals surface area contributed by atoms with Gasteiger partial charge in [-0.2, -0.15) is 0 Å². The summed E-state index contributed by atoms with van der Waals surface area (Å²) in [4.78, 5) is 49.2. The molecule has 0 radical (unpaired) electrons. The van der Waals surface area contributed by atoms with Crippen LogP contribution in [-0.2, 0) is 16.0 Å². The molecule has 2 aliphatic rings. The summed E-state index contributed by atoms with van der Waals surface area (Å²) in [7, 11) is 1.77. The van der Waals surface area contributed by atoms with Crippen molar-refractivity contribution in [3.8, 4) is 11.3 Å². The maximum Gasteiger partial charge on any atom is 0.254 e. The Morgan fingerprint density at radius 1 is 1.06 bits per heavy atom. The number of rotatable bonds is 3. The van der Waals surface area contributed by atoms with Gasteiger partial charge in [-0.25, -0.2) is 9.97 Å². The third-order valence-electron chi connectivity index (χ3n) is 6.03. The molecule has 8 nitrogen and oxygen atoms in total. The number of hydrogen-bond acceptors (Lipinski definition) is 6. The van der Waals surface area contributed by atoms with Gasteiger partial charge in [0.25, 0.3) is 5.91 Å². The van der Waals surface area contributed by atoms with Crippen LogP contribution in [0.25, 0.3) is 11.3 Å². The summed E-state index contributed by atoms with van der Waals surface area (Å²) < 4.78 is 0. The highest BCUT2D eigenvalue weighted by atomic mass is 16.2. The molecule has 3 heterocycles. The first-order valence-electron chi connectivity index (χ1n) is 10.9. The number of aromatic nitrogens is 2. The second-order valence-electron chi connectivity index (χ2n) is 8.29. The van der Waals surface area contributed by atoms with Crippen molar-refractivity contribution >= 4 is 34.9 Å². The number of fused-ring (bicyclic) bond motifs is 3. The van der Waals surface area contributed by atoms with Crippen molar-refractivity contribution in [2.45, 2.75) is 19.3 Å². The number of benzene rings is 2. The number of Topliss-reactive ketones (excluding diaryl/α,β-unsaturated/α-hetero) is 1. The Labute approximate surface area is 191 Å². The zero-order valence-electron chi connectivity index (χ0n) is 18.2. The highest BCUT2D eigenvalue weighted by Gasteiger charge is 2.25. The first kappa shape index (κ1) is 20.8. The summed E-state index contributed by atoms with van der Waals surface area (Å²) in [5.41, 5.74) is 4.46. The van der Waals surface area contributed by atoms with Gasteiger partial charge < -0.3 is 15.1 Å². The van der Waals surface area contributed by atoms with Gasteiger partial charge >= 0.3 is 0 Å². The van der Waals surface area contributed by atoms with Crippen LogP contribution in [0, 0.1) is 0 Å². The van der Waals surface area contributed by atoms with E-state index >= 15 is 0 Å². The fraction of sp³-hybridized carbons (Fsp3) is 0.240. The van der Waals surface area contributed by atoms with Gasteiger partial charge in [0.15, 0.2) is 5.78 Å². The van der Waals surface area contributed by atoms with Crippen LogP contribution < -0.4 is 10.2 Å². The van der Waals surface area contributed by atoms with Crippen molar-refractivity contribution < 1.29 is 14.4 Å². The van der Waals surface area contributed by atoms with Crippen molar-refractivity contribution in [2.24, 2.45) is 0 Å². The van der Waals surface area contributed by atoms with Crippen LogP contribution in [0.3, 0.4) is 0 Å². The molecule has 0 unspecified atom stereocenters. The molecular formula is C25H23N5O3. The van der Waals surface area contributed by atoms with Gasteiger partial charge in [0.1, 0.15) is 0 Å². The van der Waals surface area contributed by atoms with Gasteiger partial charge in [0, 0.05) is 48.6 Å². The van der Waals surface area contributed by atoms with Crippen LogP contribution in [0.4, 0.5) is 17.3 Å². The molecule has 3 aromatic rings. The Hall–Kier alpha value is -4.07. The predicted molar refractivity (Wildman–Crippen MR) is 124 cm³/mol. The summed E-state index contributed by atoms with van der Waals surface area (Å²) >= 11 is 0. The lowest BCUT2D eigenvalue weighted by Gasteiger charge is -2.25. The van der Waals surface area contributed by atoms with E-state index in [1.165, 1.54) is 0 Å².